The van der Waals surface area contributed by atoms with E-state index in [1.54, 1.807) is 0 Å². The van der Waals surface area contributed by atoms with Crippen molar-refractivity contribution in [2.24, 2.45) is 7.05 Å². The lowest BCUT2D eigenvalue weighted by atomic mass is 9.70. The van der Waals surface area contributed by atoms with Gasteiger partial charge in [0, 0.05) is 37.7 Å². The zero-order valence-electron chi connectivity index (χ0n) is 11.9. The molecule has 0 atom stereocenters. The molecule has 0 saturated carbocycles. The van der Waals surface area contributed by atoms with E-state index in [2.05, 4.69) is 54.6 Å². The van der Waals surface area contributed by atoms with Gasteiger partial charge < -0.3 is 5.32 Å². The third kappa shape index (κ3) is 2.08. The molecule has 19 heavy (non-hydrogen) atoms. The van der Waals surface area contributed by atoms with Crippen molar-refractivity contribution in [1.29, 1.82) is 0 Å². The lowest BCUT2D eigenvalue weighted by Crippen LogP contribution is -2.58. The largest absolute Gasteiger partial charge is 0.315 e. The van der Waals surface area contributed by atoms with Crippen LogP contribution in [-0.4, -0.2) is 22.9 Å². The van der Waals surface area contributed by atoms with Gasteiger partial charge in [0.25, 0.3) is 0 Å². The molecule has 3 rings (SSSR count). The van der Waals surface area contributed by atoms with E-state index in [-0.39, 0.29) is 5.41 Å². The Bertz CT molecular complexity index is 594. The maximum Gasteiger partial charge on any atom is 0.0596 e. The summed E-state index contributed by atoms with van der Waals surface area (Å²) in [5, 5.41) is 7.91. The SMILES string of the molecule is Cc1cc(CC2(c3ccccc3C)CNC2)n(C)n1. The number of hydrogen-bond acceptors (Lipinski definition) is 2. The molecule has 0 bridgehead atoms. The maximum absolute atomic E-state index is 4.47. The minimum absolute atomic E-state index is 0.242. The molecule has 1 aliphatic heterocycles. The Morgan fingerprint density at radius 2 is 2.00 bits per heavy atom. The van der Waals surface area contributed by atoms with E-state index in [1.807, 2.05) is 11.7 Å². The van der Waals surface area contributed by atoms with Crippen LogP contribution in [0.25, 0.3) is 0 Å². The summed E-state index contributed by atoms with van der Waals surface area (Å²) in [7, 11) is 2.04. The summed E-state index contributed by atoms with van der Waals surface area (Å²) in [5.74, 6) is 0. The van der Waals surface area contributed by atoms with Crippen LogP contribution in [0.1, 0.15) is 22.5 Å². The summed E-state index contributed by atoms with van der Waals surface area (Å²) in [6.07, 6.45) is 1.06. The molecule has 1 aromatic heterocycles. The molecule has 2 aromatic rings. The topological polar surface area (TPSA) is 29.9 Å². The Morgan fingerprint density at radius 1 is 1.26 bits per heavy atom. The van der Waals surface area contributed by atoms with Gasteiger partial charge >= 0.3 is 0 Å². The van der Waals surface area contributed by atoms with Crippen LogP contribution in [0.4, 0.5) is 0 Å². The lowest BCUT2D eigenvalue weighted by molar-refractivity contribution is 0.268. The summed E-state index contributed by atoms with van der Waals surface area (Å²) >= 11 is 0. The number of rotatable bonds is 3. The molecular formula is C16H21N3. The predicted molar refractivity (Wildman–Crippen MR) is 77.4 cm³/mol. The van der Waals surface area contributed by atoms with E-state index in [9.17, 15) is 0 Å². The zero-order chi connectivity index (χ0) is 13.5. The quantitative estimate of drug-likeness (QED) is 0.910. The van der Waals surface area contributed by atoms with Crippen LogP contribution in [0.5, 0.6) is 0 Å². The van der Waals surface area contributed by atoms with E-state index >= 15 is 0 Å². The van der Waals surface area contributed by atoms with Gasteiger partial charge in [0.1, 0.15) is 0 Å². The van der Waals surface area contributed by atoms with Gasteiger partial charge in [-0.25, -0.2) is 0 Å². The molecule has 1 fully saturated rings. The number of benzene rings is 1. The summed E-state index contributed by atoms with van der Waals surface area (Å²) in [4.78, 5) is 0. The van der Waals surface area contributed by atoms with Crippen LogP contribution >= 0.6 is 0 Å². The van der Waals surface area contributed by atoms with Gasteiger partial charge in [0.05, 0.1) is 5.69 Å². The molecule has 1 N–H and O–H groups in total. The Hall–Kier alpha value is -1.61. The first kappa shape index (κ1) is 12.4. The molecule has 100 valence electrons. The van der Waals surface area contributed by atoms with Gasteiger partial charge in [-0.05, 0) is 31.0 Å². The Kier molecular flexibility index (Phi) is 2.94. The fourth-order valence-corrected chi connectivity index (χ4v) is 3.18. The van der Waals surface area contributed by atoms with Crippen molar-refractivity contribution >= 4 is 0 Å². The monoisotopic (exact) mass is 255 g/mol. The molecule has 1 saturated heterocycles. The molecule has 1 aromatic carbocycles. The van der Waals surface area contributed by atoms with E-state index in [0.29, 0.717) is 0 Å². The average Bonchev–Trinajstić information content (AvgIpc) is 2.63. The number of nitrogens with one attached hydrogen (secondary N) is 1. The highest BCUT2D eigenvalue weighted by atomic mass is 15.3. The highest BCUT2D eigenvalue weighted by Gasteiger charge is 2.40. The summed E-state index contributed by atoms with van der Waals surface area (Å²) in [6.45, 7) is 6.39. The van der Waals surface area contributed by atoms with E-state index < -0.39 is 0 Å². The van der Waals surface area contributed by atoms with Crippen molar-refractivity contribution in [2.75, 3.05) is 13.1 Å². The van der Waals surface area contributed by atoms with Crippen molar-refractivity contribution in [3.05, 3.63) is 52.8 Å². The molecule has 3 nitrogen and oxygen atoms in total. The minimum Gasteiger partial charge on any atom is -0.315 e. The number of aryl methyl sites for hydroxylation is 3. The molecule has 0 amide bonds. The lowest BCUT2D eigenvalue weighted by Gasteiger charge is -2.44. The van der Waals surface area contributed by atoms with Crippen LogP contribution in [0.15, 0.2) is 30.3 Å². The van der Waals surface area contributed by atoms with Crippen LogP contribution in [-0.2, 0) is 18.9 Å². The van der Waals surface area contributed by atoms with Crippen LogP contribution in [0.2, 0.25) is 0 Å². The van der Waals surface area contributed by atoms with Crippen LogP contribution < -0.4 is 5.32 Å². The summed E-state index contributed by atoms with van der Waals surface area (Å²) < 4.78 is 2.02. The highest BCUT2D eigenvalue weighted by molar-refractivity contribution is 5.38. The van der Waals surface area contributed by atoms with Crippen LogP contribution in [0, 0.1) is 13.8 Å². The average molecular weight is 255 g/mol. The molecule has 2 heterocycles. The highest BCUT2D eigenvalue weighted by Crippen LogP contribution is 2.34. The van der Waals surface area contributed by atoms with E-state index in [1.165, 1.54) is 16.8 Å². The van der Waals surface area contributed by atoms with Gasteiger partial charge in [0.15, 0.2) is 0 Å². The Labute approximate surface area is 114 Å². The smallest absolute Gasteiger partial charge is 0.0596 e. The van der Waals surface area contributed by atoms with Crippen molar-refractivity contribution in [2.45, 2.75) is 25.7 Å². The third-order valence-corrected chi connectivity index (χ3v) is 4.26. The van der Waals surface area contributed by atoms with Gasteiger partial charge in [0.2, 0.25) is 0 Å². The third-order valence-electron chi connectivity index (χ3n) is 4.26. The van der Waals surface area contributed by atoms with Crippen molar-refractivity contribution in [3.63, 3.8) is 0 Å². The van der Waals surface area contributed by atoms with Gasteiger partial charge in [-0.1, -0.05) is 24.3 Å². The number of hydrogen-bond donors (Lipinski definition) is 1. The molecule has 3 heteroatoms. The predicted octanol–water partition coefficient (Wildman–Crippen LogP) is 2.12. The van der Waals surface area contributed by atoms with Gasteiger partial charge in [-0.3, -0.25) is 4.68 Å². The summed E-state index contributed by atoms with van der Waals surface area (Å²) in [6, 6.07) is 11.0. The maximum atomic E-state index is 4.47. The van der Waals surface area contributed by atoms with Crippen molar-refractivity contribution < 1.29 is 0 Å². The van der Waals surface area contributed by atoms with E-state index in [4.69, 9.17) is 0 Å². The fraction of sp³-hybridized carbons (Fsp3) is 0.438. The second-order valence-electron chi connectivity index (χ2n) is 5.78. The van der Waals surface area contributed by atoms with Gasteiger partial charge in [-0.2, -0.15) is 5.10 Å². The normalized spacial score (nSPS) is 17.2. The van der Waals surface area contributed by atoms with Crippen molar-refractivity contribution in [3.8, 4) is 0 Å². The van der Waals surface area contributed by atoms with Crippen molar-refractivity contribution in [1.82, 2.24) is 15.1 Å². The number of nitrogens with zero attached hydrogens (tertiary/aromatic N) is 2. The second-order valence-corrected chi connectivity index (χ2v) is 5.78. The first-order chi connectivity index (χ1) is 9.11. The molecule has 0 aliphatic carbocycles. The van der Waals surface area contributed by atoms with E-state index in [0.717, 1.165) is 25.2 Å². The Balaban J connectivity index is 1.96. The van der Waals surface area contributed by atoms with Crippen LogP contribution in [0.3, 0.4) is 0 Å². The second kappa shape index (κ2) is 4.49. The molecule has 1 aliphatic rings. The molecule has 0 radical (unpaired) electrons. The minimum atomic E-state index is 0.242. The van der Waals surface area contributed by atoms with Gasteiger partial charge in [-0.15, -0.1) is 0 Å². The summed E-state index contributed by atoms with van der Waals surface area (Å²) in [5.41, 5.74) is 5.54. The molecule has 0 unspecified atom stereocenters. The fourth-order valence-electron chi connectivity index (χ4n) is 3.18. The molecular weight excluding hydrogens is 234 g/mol. The molecule has 0 spiro atoms. The zero-order valence-corrected chi connectivity index (χ0v) is 11.9. The standard InChI is InChI=1S/C16H21N3/c1-12-6-4-5-7-15(12)16(10-17-11-16)9-14-8-13(2)18-19(14)3/h4-8,17H,9-11H2,1-3H3. The Morgan fingerprint density at radius 3 is 2.53 bits per heavy atom. The number of aromatic nitrogens is 2. The first-order valence-corrected chi connectivity index (χ1v) is 6.87. The first-order valence-electron chi connectivity index (χ1n) is 6.87.